The van der Waals surface area contributed by atoms with Gasteiger partial charge in [-0.05, 0) is 40.8 Å². The van der Waals surface area contributed by atoms with Crippen LogP contribution in [0.5, 0.6) is 0 Å². The Labute approximate surface area is 169 Å². The maximum absolute atomic E-state index is 13.8. The number of hydrogen-bond acceptors (Lipinski definition) is 2. The summed E-state index contributed by atoms with van der Waals surface area (Å²) in [5.41, 5.74) is 1.01. The number of carbonyl (C=O) groups excluding carboxylic acids is 1. The molecular weight excluding hydrogens is 364 g/mol. The summed E-state index contributed by atoms with van der Waals surface area (Å²) < 4.78 is 13.8. The first-order valence-electron chi connectivity index (χ1n) is 9.84. The van der Waals surface area contributed by atoms with Gasteiger partial charge in [-0.25, -0.2) is 4.21 Å². The average molecular weight is 391 g/mol. The summed E-state index contributed by atoms with van der Waals surface area (Å²) in [6.07, 6.45) is 6.30. The summed E-state index contributed by atoms with van der Waals surface area (Å²) in [5, 5.41) is 2.08. The van der Waals surface area contributed by atoms with Gasteiger partial charge in [-0.15, -0.1) is 0 Å². The van der Waals surface area contributed by atoms with Crippen molar-refractivity contribution in [3.8, 4) is 0 Å². The molecule has 0 radical (unpaired) electrons. The minimum atomic E-state index is -1.33. The number of rotatable bonds is 9. The maximum atomic E-state index is 13.8. The van der Waals surface area contributed by atoms with E-state index in [1.54, 1.807) is 0 Å². The number of carbonyl (C=O) groups is 1. The van der Waals surface area contributed by atoms with Crippen LogP contribution in [0, 0.1) is 5.92 Å². The molecule has 0 aliphatic rings. The molecular formula is C25H26O2S. The van der Waals surface area contributed by atoms with Crippen molar-refractivity contribution in [2.75, 3.05) is 0 Å². The molecule has 0 saturated carbocycles. The third-order valence-corrected chi connectivity index (χ3v) is 6.60. The Kier molecular flexibility index (Phi) is 7.32. The fourth-order valence-electron chi connectivity index (χ4n) is 3.46. The molecule has 0 aromatic heterocycles. The second-order valence-corrected chi connectivity index (χ2v) is 8.39. The first-order chi connectivity index (χ1) is 13.7. The van der Waals surface area contributed by atoms with Gasteiger partial charge in [0.05, 0.1) is 15.7 Å². The fourth-order valence-corrected chi connectivity index (χ4v) is 5.07. The highest BCUT2D eigenvalue weighted by Gasteiger charge is 2.22. The van der Waals surface area contributed by atoms with Crippen LogP contribution in [0.1, 0.15) is 38.2 Å². The van der Waals surface area contributed by atoms with E-state index >= 15 is 0 Å². The van der Waals surface area contributed by atoms with Crippen molar-refractivity contribution in [3.05, 3.63) is 83.3 Å². The van der Waals surface area contributed by atoms with Crippen LogP contribution in [-0.2, 0) is 15.6 Å². The number of fused-ring (bicyclic) bond motifs is 1. The van der Waals surface area contributed by atoms with Gasteiger partial charge in [0.25, 0.3) is 0 Å². The molecule has 0 N–H and O–H groups in total. The van der Waals surface area contributed by atoms with Crippen LogP contribution in [0.4, 0.5) is 0 Å². The number of aldehydes is 1. The monoisotopic (exact) mass is 390 g/mol. The highest BCUT2D eigenvalue weighted by Crippen LogP contribution is 2.32. The highest BCUT2D eigenvalue weighted by molar-refractivity contribution is 7.89. The largest absolute Gasteiger partial charge is 0.303 e. The van der Waals surface area contributed by atoms with Gasteiger partial charge in [0.2, 0.25) is 0 Å². The van der Waals surface area contributed by atoms with Crippen molar-refractivity contribution in [2.24, 2.45) is 5.92 Å². The second kappa shape index (κ2) is 10.1. The third kappa shape index (κ3) is 4.85. The average Bonchev–Trinajstić information content (AvgIpc) is 2.75. The van der Waals surface area contributed by atoms with Gasteiger partial charge in [0, 0.05) is 11.3 Å². The molecule has 3 rings (SSSR count). The maximum Gasteiger partial charge on any atom is 0.120 e. The van der Waals surface area contributed by atoms with E-state index in [1.807, 2.05) is 78.9 Å². The number of benzene rings is 3. The van der Waals surface area contributed by atoms with Gasteiger partial charge >= 0.3 is 0 Å². The molecule has 0 amide bonds. The Bertz CT molecular complexity index is 971. The van der Waals surface area contributed by atoms with Gasteiger partial charge in [-0.2, -0.15) is 0 Å². The van der Waals surface area contributed by atoms with Gasteiger partial charge in [-0.1, -0.05) is 86.5 Å². The highest BCUT2D eigenvalue weighted by atomic mass is 32.2. The molecule has 2 atom stereocenters. The zero-order valence-corrected chi connectivity index (χ0v) is 17.0. The van der Waals surface area contributed by atoms with Gasteiger partial charge in [-0.3, -0.25) is 0 Å². The minimum absolute atomic E-state index is 0.0162. The van der Waals surface area contributed by atoms with Crippen LogP contribution in [0.3, 0.4) is 0 Å². The first kappa shape index (κ1) is 20.2. The molecule has 0 saturated heterocycles. The molecule has 144 valence electrons. The molecule has 0 bridgehead atoms. The molecule has 0 fully saturated rings. The Morgan fingerprint density at radius 1 is 0.964 bits per heavy atom. The Balaban J connectivity index is 2.10. The Morgan fingerprint density at radius 2 is 1.68 bits per heavy atom. The fraction of sp³-hybridized carbons (Fsp3) is 0.240. The van der Waals surface area contributed by atoms with Gasteiger partial charge < -0.3 is 4.79 Å². The zero-order chi connectivity index (χ0) is 19.8. The molecule has 0 heterocycles. The van der Waals surface area contributed by atoms with E-state index in [1.165, 1.54) is 0 Å². The normalized spacial score (nSPS) is 14.0. The molecule has 0 spiro atoms. The minimum Gasteiger partial charge on any atom is -0.303 e. The predicted molar refractivity (Wildman–Crippen MR) is 118 cm³/mol. The van der Waals surface area contributed by atoms with Gasteiger partial charge in [0.1, 0.15) is 6.29 Å². The van der Waals surface area contributed by atoms with Crippen LogP contribution < -0.4 is 0 Å². The summed E-state index contributed by atoms with van der Waals surface area (Å²) >= 11 is 0. The van der Waals surface area contributed by atoms with Crippen LogP contribution in [-0.4, -0.2) is 10.5 Å². The Morgan fingerprint density at radius 3 is 2.43 bits per heavy atom. The molecule has 0 aliphatic carbocycles. The van der Waals surface area contributed by atoms with E-state index in [0.717, 1.165) is 51.7 Å². The summed E-state index contributed by atoms with van der Waals surface area (Å²) in [6.45, 7) is 2.14. The lowest BCUT2D eigenvalue weighted by atomic mass is 9.97. The third-order valence-electron chi connectivity index (χ3n) is 4.96. The summed E-state index contributed by atoms with van der Waals surface area (Å²) in [7, 11) is -1.33. The van der Waals surface area contributed by atoms with Crippen molar-refractivity contribution >= 4 is 33.9 Å². The smallest absolute Gasteiger partial charge is 0.120 e. The quantitative estimate of drug-likeness (QED) is 0.397. The number of hydrogen-bond donors (Lipinski definition) is 0. The molecule has 3 aromatic carbocycles. The van der Waals surface area contributed by atoms with Crippen molar-refractivity contribution in [1.29, 1.82) is 0 Å². The van der Waals surface area contributed by atoms with E-state index in [2.05, 4.69) is 6.92 Å². The molecule has 3 aromatic rings. The lowest BCUT2D eigenvalue weighted by molar-refractivity contribution is -0.108. The summed E-state index contributed by atoms with van der Waals surface area (Å²) in [6, 6.07) is 23.9. The lowest BCUT2D eigenvalue weighted by Crippen LogP contribution is -2.11. The van der Waals surface area contributed by atoms with E-state index in [4.69, 9.17) is 0 Å². The van der Waals surface area contributed by atoms with E-state index in [-0.39, 0.29) is 5.92 Å². The van der Waals surface area contributed by atoms with Gasteiger partial charge in [0.15, 0.2) is 0 Å². The second-order valence-electron chi connectivity index (χ2n) is 6.94. The predicted octanol–water partition coefficient (Wildman–Crippen LogP) is 6.38. The van der Waals surface area contributed by atoms with Crippen LogP contribution in [0.2, 0.25) is 0 Å². The van der Waals surface area contributed by atoms with Crippen LogP contribution >= 0.6 is 0 Å². The SMILES string of the molecule is CCCC[C@H](CC=O)/C(=C/c1ccccc1)S(=O)c1cccc2ccccc12. The van der Waals surface area contributed by atoms with E-state index in [9.17, 15) is 9.00 Å². The first-order valence-corrected chi connectivity index (χ1v) is 11.0. The van der Waals surface area contributed by atoms with Crippen molar-refractivity contribution in [2.45, 2.75) is 37.5 Å². The van der Waals surface area contributed by atoms with Crippen LogP contribution in [0.15, 0.2) is 82.6 Å². The summed E-state index contributed by atoms with van der Waals surface area (Å²) in [4.78, 5) is 13.0. The molecule has 0 aliphatic heterocycles. The molecule has 3 heteroatoms. The van der Waals surface area contributed by atoms with E-state index in [0.29, 0.717) is 6.42 Å². The van der Waals surface area contributed by atoms with Crippen molar-refractivity contribution < 1.29 is 9.00 Å². The Hall–Kier alpha value is -2.52. The molecule has 2 nitrogen and oxygen atoms in total. The number of allylic oxidation sites excluding steroid dienone is 1. The van der Waals surface area contributed by atoms with Crippen LogP contribution in [0.25, 0.3) is 16.8 Å². The number of unbranched alkanes of at least 4 members (excludes halogenated alkanes) is 1. The molecule has 28 heavy (non-hydrogen) atoms. The lowest BCUT2D eigenvalue weighted by Gasteiger charge is -2.19. The summed E-state index contributed by atoms with van der Waals surface area (Å²) in [5.74, 6) is -0.0162. The van der Waals surface area contributed by atoms with Crippen molar-refractivity contribution in [1.82, 2.24) is 0 Å². The van der Waals surface area contributed by atoms with Crippen molar-refractivity contribution in [3.63, 3.8) is 0 Å². The molecule has 1 unspecified atom stereocenters. The zero-order valence-electron chi connectivity index (χ0n) is 16.2. The topological polar surface area (TPSA) is 34.1 Å². The standard InChI is InChI=1S/C25H26O2S/c1-2-3-12-22(17-18-26)25(19-20-10-5-4-6-11-20)28(27)24-16-9-14-21-13-7-8-15-23(21)24/h4-11,13-16,18-19,22H,2-3,12,17H2,1H3/b25-19-/t22-,28?/m1/s1. The van der Waals surface area contributed by atoms with E-state index < -0.39 is 10.8 Å².